The Bertz CT molecular complexity index is 675. The molecule has 128 valence electrons. The molecule has 0 amide bonds. The van der Waals surface area contributed by atoms with E-state index in [1.54, 1.807) is 13.0 Å². The Morgan fingerprint density at radius 1 is 1.29 bits per heavy atom. The number of benzene rings is 1. The lowest BCUT2D eigenvalue weighted by atomic mass is 10.2. The molecule has 0 bridgehead atoms. The minimum atomic E-state index is -0.360. The fourth-order valence-electron chi connectivity index (χ4n) is 2.18. The van der Waals surface area contributed by atoms with Gasteiger partial charge in [-0.25, -0.2) is 4.79 Å². The highest BCUT2D eigenvalue weighted by Gasteiger charge is 2.09. The van der Waals surface area contributed by atoms with E-state index >= 15 is 0 Å². The van der Waals surface area contributed by atoms with Crippen molar-refractivity contribution < 1.29 is 14.3 Å². The highest BCUT2D eigenvalue weighted by molar-refractivity contribution is 5.86. The van der Waals surface area contributed by atoms with E-state index in [0.717, 1.165) is 17.8 Å². The molecule has 1 aromatic carbocycles. The second kappa shape index (κ2) is 8.91. The number of aromatic nitrogens is 2. The van der Waals surface area contributed by atoms with E-state index in [1.165, 1.54) is 6.08 Å². The van der Waals surface area contributed by atoms with Gasteiger partial charge in [0.25, 0.3) is 0 Å². The fraction of sp³-hybridized carbons (Fsp3) is 0.368. The van der Waals surface area contributed by atoms with Crippen LogP contribution in [0.4, 0.5) is 0 Å². The van der Waals surface area contributed by atoms with Crippen LogP contribution in [0.5, 0.6) is 5.88 Å². The third-order valence-corrected chi connectivity index (χ3v) is 3.23. The minimum absolute atomic E-state index is 0.360. The van der Waals surface area contributed by atoms with Crippen LogP contribution in [0, 0.1) is 5.92 Å². The van der Waals surface area contributed by atoms with E-state index in [0.29, 0.717) is 25.0 Å². The number of rotatable bonds is 8. The molecule has 0 saturated carbocycles. The van der Waals surface area contributed by atoms with Gasteiger partial charge in [-0.05, 0) is 24.5 Å². The average Bonchev–Trinajstić information content (AvgIpc) is 2.93. The zero-order valence-corrected chi connectivity index (χ0v) is 14.4. The molecule has 1 aromatic heterocycles. The summed E-state index contributed by atoms with van der Waals surface area (Å²) in [6.07, 6.45) is 3.13. The van der Waals surface area contributed by atoms with Gasteiger partial charge in [0.1, 0.15) is 6.61 Å². The number of hydrogen-bond donors (Lipinski definition) is 0. The Labute approximate surface area is 142 Å². The van der Waals surface area contributed by atoms with Gasteiger partial charge < -0.3 is 9.47 Å². The van der Waals surface area contributed by atoms with Crippen molar-refractivity contribution >= 4 is 12.0 Å². The summed E-state index contributed by atoms with van der Waals surface area (Å²) in [7, 11) is 0. The van der Waals surface area contributed by atoms with Crippen LogP contribution in [-0.4, -0.2) is 22.4 Å². The van der Waals surface area contributed by atoms with Crippen LogP contribution in [0.15, 0.2) is 42.5 Å². The maximum atomic E-state index is 11.5. The van der Waals surface area contributed by atoms with Crippen molar-refractivity contribution in [3.63, 3.8) is 0 Å². The summed E-state index contributed by atoms with van der Waals surface area (Å²) in [6, 6.07) is 11.8. The maximum absolute atomic E-state index is 11.5. The minimum Gasteiger partial charge on any atom is -0.472 e. The van der Waals surface area contributed by atoms with Gasteiger partial charge in [0, 0.05) is 18.7 Å². The maximum Gasteiger partial charge on any atom is 0.330 e. The molecular formula is C19H24N2O3. The Kier molecular flexibility index (Phi) is 6.61. The van der Waals surface area contributed by atoms with E-state index in [-0.39, 0.29) is 5.97 Å². The fourth-order valence-corrected chi connectivity index (χ4v) is 2.18. The second-order valence-electron chi connectivity index (χ2n) is 5.84. The first-order valence-corrected chi connectivity index (χ1v) is 8.18. The molecule has 0 saturated heterocycles. The number of ether oxygens (including phenoxy) is 2. The molecule has 0 radical (unpaired) electrons. The average molecular weight is 328 g/mol. The summed E-state index contributed by atoms with van der Waals surface area (Å²) in [6.45, 7) is 7.58. The predicted octanol–water partition coefficient (Wildman–Crippen LogP) is 3.69. The molecule has 0 atom stereocenters. The van der Waals surface area contributed by atoms with Crippen LogP contribution in [0.2, 0.25) is 0 Å². The van der Waals surface area contributed by atoms with Crippen molar-refractivity contribution in [3.8, 4) is 5.88 Å². The van der Waals surface area contributed by atoms with Crippen LogP contribution >= 0.6 is 0 Å². The summed E-state index contributed by atoms with van der Waals surface area (Å²) in [5, 5.41) is 4.48. The van der Waals surface area contributed by atoms with Crippen LogP contribution in [0.25, 0.3) is 6.08 Å². The molecule has 0 aliphatic carbocycles. The van der Waals surface area contributed by atoms with Gasteiger partial charge in [-0.15, -0.1) is 5.10 Å². The van der Waals surface area contributed by atoms with E-state index < -0.39 is 0 Å². The Morgan fingerprint density at radius 3 is 2.71 bits per heavy atom. The summed E-state index contributed by atoms with van der Waals surface area (Å²) >= 11 is 0. The van der Waals surface area contributed by atoms with E-state index in [2.05, 4.69) is 18.9 Å². The van der Waals surface area contributed by atoms with Gasteiger partial charge in [-0.3, -0.25) is 4.68 Å². The molecule has 5 nitrogen and oxygen atoms in total. The van der Waals surface area contributed by atoms with Crippen molar-refractivity contribution in [3.05, 3.63) is 53.7 Å². The normalized spacial score (nSPS) is 11.2. The quantitative estimate of drug-likeness (QED) is 0.548. The third kappa shape index (κ3) is 5.57. The number of nitrogens with zero attached hydrogens (tertiary/aromatic N) is 2. The predicted molar refractivity (Wildman–Crippen MR) is 93.5 cm³/mol. The largest absolute Gasteiger partial charge is 0.472 e. The van der Waals surface area contributed by atoms with Crippen molar-refractivity contribution in [2.45, 2.75) is 33.9 Å². The zero-order chi connectivity index (χ0) is 17.4. The lowest BCUT2D eigenvalue weighted by molar-refractivity contribution is -0.137. The Morgan fingerprint density at radius 2 is 2.04 bits per heavy atom. The van der Waals surface area contributed by atoms with E-state index in [4.69, 9.17) is 9.47 Å². The topological polar surface area (TPSA) is 53.4 Å². The third-order valence-electron chi connectivity index (χ3n) is 3.23. The van der Waals surface area contributed by atoms with Crippen molar-refractivity contribution in [2.24, 2.45) is 5.92 Å². The number of carbonyl (C=O) groups excluding carboxylic acids is 1. The van der Waals surface area contributed by atoms with E-state index in [9.17, 15) is 4.79 Å². The SMILES string of the molecule is CCOC(=O)/C=C/c1cc(OCc2ccccc2)nn1CC(C)C. The van der Waals surface area contributed by atoms with E-state index in [1.807, 2.05) is 41.1 Å². The summed E-state index contributed by atoms with van der Waals surface area (Å²) in [5.41, 5.74) is 1.90. The van der Waals surface area contributed by atoms with Crippen molar-refractivity contribution in [1.82, 2.24) is 9.78 Å². The van der Waals surface area contributed by atoms with Gasteiger partial charge in [-0.1, -0.05) is 44.2 Å². The molecule has 0 unspecified atom stereocenters. The molecule has 24 heavy (non-hydrogen) atoms. The monoisotopic (exact) mass is 328 g/mol. The van der Waals surface area contributed by atoms with Crippen molar-refractivity contribution in [1.29, 1.82) is 0 Å². The first kappa shape index (κ1) is 17.8. The van der Waals surface area contributed by atoms with Crippen LogP contribution in [-0.2, 0) is 22.7 Å². The Balaban J connectivity index is 2.10. The lowest BCUT2D eigenvalue weighted by Crippen LogP contribution is -2.08. The Hall–Kier alpha value is -2.56. The van der Waals surface area contributed by atoms with Crippen LogP contribution < -0.4 is 4.74 Å². The molecule has 2 rings (SSSR count). The van der Waals surface area contributed by atoms with Gasteiger partial charge >= 0.3 is 5.97 Å². The highest BCUT2D eigenvalue weighted by atomic mass is 16.5. The molecule has 0 aliphatic heterocycles. The number of hydrogen-bond acceptors (Lipinski definition) is 4. The lowest BCUT2D eigenvalue weighted by Gasteiger charge is -2.07. The molecule has 5 heteroatoms. The molecule has 0 spiro atoms. The van der Waals surface area contributed by atoms with Crippen LogP contribution in [0.1, 0.15) is 32.0 Å². The first-order valence-electron chi connectivity index (χ1n) is 8.18. The second-order valence-corrected chi connectivity index (χ2v) is 5.84. The molecule has 0 aliphatic rings. The summed E-state index contributed by atoms with van der Waals surface area (Å²) in [5.74, 6) is 0.617. The molecule has 1 heterocycles. The van der Waals surface area contributed by atoms with Crippen molar-refractivity contribution in [2.75, 3.05) is 6.61 Å². The molecule has 0 fully saturated rings. The summed E-state index contributed by atoms with van der Waals surface area (Å²) in [4.78, 5) is 11.5. The molecular weight excluding hydrogens is 304 g/mol. The number of esters is 1. The smallest absolute Gasteiger partial charge is 0.330 e. The van der Waals surface area contributed by atoms with Gasteiger partial charge in [-0.2, -0.15) is 0 Å². The van der Waals surface area contributed by atoms with Crippen LogP contribution in [0.3, 0.4) is 0 Å². The molecule has 2 aromatic rings. The molecule has 0 N–H and O–H groups in total. The van der Waals surface area contributed by atoms with Gasteiger partial charge in [0.2, 0.25) is 5.88 Å². The number of carbonyl (C=O) groups is 1. The standard InChI is InChI=1S/C19H24N2O3/c1-4-23-19(22)11-10-17-12-18(20-21(17)13-15(2)3)24-14-16-8-6-5-7-9-16/h5-12,15H,4,13-14H2,1-3H3/b11-10+. The summed E-state index contributed by atoms with van der Waals surface area (Å²) < 4.78 is 12.5. The first-order chi connectivity index (χ1) is 11.6. The highest BCUT2D eigenvalue weighted by Crippen LogP contribution is 2.17. The van der Waals surface area contributed by atoms with Gasteiger partial charge in [0.15, 0.2) is 0 Å². The zero-order valence-electron chi connectivity index (χ0n) is 14.4. The van der Waals surface area contributed by atoms with Gasteiger partial charge in [0.05, 0.1) is 12.3 Å².